The van der Waals surface area contributed by atoms with Crippen LogP contribution in [0.25, 0.3) is 0 Å². The molecule has 27 heavy (non-hydrogen) atoms. The van der Waals surface area contributed by atoms with Gasteiger partial charge in [-0.15, -0.1) is 0 Å². The van der Waals surface area contributed by atoms with Gasteiger partial charge in [0.05, 0.1) is 17.3 Å². The lowest BCUT2D eigenvalue weighted by Crippen LogP contribution is -2.28. The molecule has 0 spiro atoms. The van der Waals surface area contributed by atoms with Crippen molar-refractivity contribution in [2.45, 2.75) is 46.3 Å². The Kier molecular flexibility index (Phi) is 5.27. The van der Waals surface area contributed by atoms with Crippen LogP contribution in [0.2, 0.25) is 0 Å². The summed E-state index contributed by atoms with van der Waals surface area (Å²) in [5, 5.41) is 4.34. The number of carbonyl (C=O) groups is 1. The molecular formula is C18H22F4N4O. The summed E-state index contributed by atoms with van der Waals surface area (Å²) < 4.78 is 54.1. The topological polar surface area (TPSA) is 86.9 Å². The van der Waals surface area contributed by atoms with E-state index in [1.54, 1.807) is 6.92 Å². The summed E-state index contributed by atoms with van der Waals surface area (Å²) in [6.45, 7) is 7.19. The lowest BCUT2D eigenvalue weighted by atomic mass is 9.82. The van der Waals surface area contributed by atoms with Gasteiger partial charge in [0.2, 0.25) is 0 Å². The highest BCUT2D eigenvalue weighted by Crippen LogP contribution is 2.40. The Morgan fingerprint density at radius 3 is 2.22 bits per heavy atom. The molecular weight excluding hydrogens is 364 g/mol. The third-order valence-electron chi connectivity index (χ3n) is 4.28. The SMILES string of the molecule is CCc1nn(C(c2ccc(C(F)(F)F)c(F)c2)C(C)(C)C)c(N)c1C(N)=O. The fourth-order valence-corrected chi connectivity index (χ4v) is 3.15. The molecule has 0 fully saturated rings. The van der Waals surface area contributed by atoms with Crippen LogP contribution in [-0.2, 0) is 12.6 Å². The van der Waals surface area contributed by atoms with E-state index in [2.05, 4.69) is 5.10 Å². The monoisotopic (exact) mass is 386 g/mol. The molecule has 0 aliphatic heterocycles. The summed E-state index contributed by atoms with van der Waals surface area (Å²) in [7, 11) is 0. The van der Waals surface area contributed by atoms with Gasteiger partial charge in [0.1, 0.15) is 17.2 Å². The van der Waals surface area contributed by atoms with Crippen LogP contribution in [0.3, 0.4) is 0 Å². The number of rotatable bonds is 4. The maximum Gasteiger partial charge on any atom is 0.419 e. The van der Waals surface area contributed by atoms with Gasteiger partial charge in [-0.3, -0.25) is 4.79 Å². The maximum absolute atomic E-state index is 14.1. The maximum atomic E-state index is 14.1. The van der Waals surface area contributed by atoms with Gasteiger partial charge < -0.3 is 11.5 Å². The second-order valence-corrected chi connectivity index (χ2v) is 7.37. The van der Waals surface area contributed by atoms with Crippen LogP contribution in [0.5, 0.6) is 0 Å². The van der Waals surface area contributed by atoms with Gasteiger partial charge in [-0.05, 0) is 29.5 Å². The van der Waals surface area contributed by atoms with Crippen LogP contribution < -0.4 is 11.5 Å². The Morgan fingerprint density at radius 1 is 1.26 bits per heavy atom. The van der Waals surface area contributed by atoms with Crippen molar-refractivity contribution in [3.05, 3.63) is 46.4 Å². The predicted octanol–water partition coefficient (Wildman–Crippen LogP) is 3.92. The molecule has 9 heteroatoms. The van der Waals surface area contributed by atoms with Crippen molar-refractivity contribution in [2.24, 2.45) is 11.1 Å². The molecule has 0 aliphatic rings. The molecule has 1 amide bonds. The largest absolute Gasteiger partial charge is 0.419 e. The van der Waals surface area contributed by atoms with E-state index >= 15 is 0 Å². The molecule has 4 N–H and O–H groups in total. The Hall–Kier alpha value is -2.58. The summed E-state index contributed by atoms with van der Waals surface area (Å²) >= 11 is 0. The number of halogens is 4. The van der Waals surface area contributed by atoms with Gasteiger partial charge >= 0.3 is 6.18 Å². The number of alkyl halides is 3. The third-order valence-corrected chi connectivity index (χ3v) is 4.28. The van der Waals surface area contributed by atoms with E-state index in [0.29, 0.717) is 18.2 Å². The fourth-order valence-electron chi connectivity index (χ4n) is 3.15. The smallest absolute Gasteiger partial charge is 0.383 e. The van der Waals surface area contributed by atoms with E-state index in [1.165, 1.54) is 10.7 Å². The van der Waals surface area contributed by atoms with Crippen molar-refractivity contribution < 1.29 is 22.4 Å². The summed E-state index contributed by atoms with van der Waals surface area (Å²) in [5.74, 6) is -2.13. The lowest BCUT2D eigenvalue weighted by Gasteiger charge is -2.32. The van der Waals surface area contributed by atoms with Gasteiger partial charge in [0.25, 0.3) is 5.91 Å². The van der Waals surface area contributed by atoms with Crippen LogP contribution in [0.1, 0.15) is 60.9 Å². The van der Waals surface area contributed by atoms with Crippen LogP contribution >= 0.6 is 0 Å². The van der Waals surface area contributed by atoms with Crippen molar-refractivity contribution in [1.82, 2.24) is 9.78 Å². The fraction of sp³-hybridized carbons (Fsp3) is 0.444. The van der Waals surface area contributed by atoms with E-state index in [0.717, 1.165) is 6.07 Å². The first-order valence-corrected chi connectivity index (χ1v) is 8.32. The van der Waals surface area contributed by atoms with Gasteiger partial charge in [-0.2, -0.15) is 18.3 Å². The highest BCUT2D eigenvalue weighted by molar-refractivity contribution is 5.98. The first-order chi connectivity index (χ1) is 12.3. The molecule has 2 rings (SSSR count). The minimum atomic E-state index is -4.79. The zero-order valence-corrected chi connectivity index (χ0v) is 15.5. The van der Waals surface area contributed by atoms with Crippen molar-refractivity contribution in [2.75, 3.05) is 5.73 Å². The van der Waals surface area contributed by atoms with Crippen molar-refractivity contribution >= 4 is 11.7 Å². The molecule has 0 saturated carbocycles. The number of hydrogen-bond donors (Lipinski definition) is 2. The molecule has 0 aliphatic carbocycles. The van der Waals surface area contributed by atoms with Gasteiger partial charge in [-0.1, -0.05) is 33.8 Å². The van der Waals surface area contributed by atoms with E-state index in [1.807, 2.05) is 20.8 Å². The van der Waals surface area contributed by atoms with Gasteiger partial charge in [0.15, 0.2) is 0 Å². The minimum absolute atomic E-state index is 0.000388. The van der Waals surface area contributed by atoms with E-state index in [-0.39, 0.29) is 16.9 Å². The quantitative estimate of drug-likeness (QED) is 0.781. The van der Waals surface area contributed by atoms with E-state index in [9.17, 15) is 22.4 Å². The molecule has 1 heterocycles. The van der Waals surface area contributed by atoms with Crippen LogP contribution in [0, 0.1) is 11.2 Å². The summed E-state index contributed by atoms with van der Waals surface area (Å²) in [4.78, 5) is 11.7. The number of aryl methyl sites for hydroxylation is 1. The molecule has 1 atom stereocenters. The van der Waals surface area contributed by atoms with Crippen molar-refractivity contribution in [3.8, 4) is 0 Å². The Balaban J connectivity index is 2.70. The first kappa shape index (κ1) is 20.7. The number of aromatic nitrogens is 2. The number of nitrogens with zero attached hydrogens (tertiary/aromatic N) is 2. The standard InChI is InChI=1S/C18H22F4N4O/c1-5-12-13(16(24)27)15(23)26(25-12)14(17(2,3)4)9-6-7-10(11(19)8-9)18(20,21)22/h6-8,14H,5,23H2,1-4H3,(H2,24,27). The molecule has 0 radical (unpaired) electrons. The number of carbonyl (C=O) groups excluding carboxylic acids is 1. The van der Waals surface area contributed by atoms with Gasteiger partial charge in [0, 0.05) is 0 Å². The number of primary amides is 1. The van der Waals surface area contributed by atoms with Gasteiger partial charge in [-0.25, -0.2) is 9.07 Å². The molecule has 1 unspecified atom stereocenters. The number of amides is 1. The lowest BCUT2D eigenvalue weighted by molar-refractivity contribution is -0.140. The number of nitrogens with two attached hydrogens (primary N) is 2. The van der Waals surface area contributed by atoms with Crippen LogP contribution in [0.4, 0.5) is 23.4 Å². The molecule has 2 aromatic rings. The first-order valence-electron chi connectivity index (χ1n) is 8.32. The summed E-state index contributed by atoms with van der Waals surface area (Å²) in [5.41, 5.74) is 10.2. The van der Waals surface area contributed by atoms with E-state index < -0.39 is 34.9 Å². The zero-order valence-electron chi connectivity index (χ0n) is 15.5. The number of benzene rings is 1. The molecule has 5 nitrogen and oxygen atoms in total. The predicted molar refractivity (Wildman–Crippen MR) is 93.5 cm³/mol. The average Bonchev–Trinajstić information content (AvgIpc) is 2.81. The van der Waals surface area contributed by atoms with Crippen molar-refractivity contribution in [3.63, 3.8) is 0 Å². The highest BCUT2D eigenvalue weighted by Gasteiger charge is 2.37. The summed E-state index contributed by atoms with van der Waals surface area (Å²) in [6.07, 6.45) is -4.41. The second-order valence-electron chi connectivity index (χ2n) is 7.37. The van der Waals surface area contributed by atoms with Crippen molar-refractivity contribution in [1.29, 1.82) is 0 Å². The molecule has 1 aromatic heterocycles. The molecule has 1 aromatic carbocycles. The molecule has 148 valence electrons. The normalized spacial score (nSPS) is 13.6. The third kappa shape index (κ3) is 3.91. The number of hydrogen-bond acceptors (Lipinski definition) is 3. The molecule has 0 saturated heterocycles. The Labute approximate surface area is 154 Å². The van der Waals surface area contributed by atoms with Crippen LogP contribution in [-0.4, -0.2) is 15.7 Å². The highest BCUT2D eigenvalue weighted by atomic mass is 19.4. The number of nitrogen functional groups attached to an aromatic ring is 1. The summed E-state index contributed by atoms with van der Waals surface area (Å²) in [6, 6.07) is 2.00. The zero-order chi connectivity index (χ0) is 20.7. The Bertz CT molecular complexity index is 865. The second kappa shape index (κ2) is 6.86. The minimum Gasteiger partial charge on any atom is -0.383 e. The van der Waals surface area contributed by atoms with E-state index in [4.69, 9.17) is 11.5 Å². The average molecular weight is 386 g/mol. The van der Waals surface area contributed by atoms with Crippen LogP contribution in [0.15, 0.2) is 18.2 Å². The Morgan fingerprint density at radius 2 is 1.85 bits per heavy atom. The number of anilines is 1. The molecule has 0 bridgehead atoms.